The SMILES string of the molecule is CC1(C)C(/C=C/C2=CC(=C/C=C3\N(CCCCS(=O)(=O)O)c4ccccc4C3(C)C)/CCC2)=[N+](CCCCS(=O)(=O)O)c2ccccc21. The minimum Gasteiger partial charge on any atom is -0.344 e. The first-order valence-corrected chi connectivity index (χ1v) is 20.1. The Kier molecular flexibility index (Phi) is 10.7. The molecule has 258 valence electrons. The predicted molar refractivity (Wildman–Crippen MR) is 195 cm³/mol. The zero-order valence-electron chi connectivity index (χ0n) is 28.5. The Labute approximate surface area is 286 Å². The van der Waals surface area contributed by atoms with Gasteiger partial charge >= 0.3 is 0 Å². The third-order valence-electron chi connectivity index (χ3n) is 9.88. The third-order valence-corrected chi connectivity index (χ3v) is 11.5. The largest absolute Gasteiger partial charge is 0.344 e. The van der Waals surface area contributed by atoms with Crippen LogP contribution in [0.1, 0.15) is 83.8 Å². The first kappa shape index (κ1) is 36.0. The van der Waals surface area contributed by atoms with Crippen molar-refractivity contribution in [1.29, 1.82) is 0 Å². The lowest BCUT2D eigenvalue weighted by molar-refractivity contribution is -0.438. The van der Waals surface area contributed by atoms with Crippen molar-refractivity contribution < 1.29 is 30.5 Å². The van der Waals surface area contributed by atoms with Crippen LogP contribution >= 0.6 is 0 Å². The van der Waals surface area contributed by atoms with Crippen molar-refractivity contribution in [1.82, 2.24) is 0 Å². The van der Waals surface area contributed by atoms with E-state index in [-0.39, 0.29) is 22.3 Å². The van der Waals surface area contributed by atoms with Crippen LogP contribution in [-0.2, 0) is 31.1 Å². The van der Waals surface area contributed by atoms with E-state index in [1.165, 1.54) is 33.7 Å². The molecule has 2 aromatic carbocycles. The van der Waals surface area contributed by atoms with Crippen LogP contribution in [0.5, 0.6) is 0 Å². The average Bonchev–Trinajstić information content (AvgIpc) is 3.37. The molecule has 48 heavy (non-hydrogen) atoms. The van der Waals surface area contributed by atoms with Gasteiger partial charge in [-0.25, -0.2) is 0 Å². The molecule has 0 atom stereocenters. The minimum absolute atomic E-state index is 0.220. The van der Waals surface area contributed by atoms with E-state index in [2.05, 4.69) is 104 Å². The van der Waals surface area contributed by atoms with Gasteiger partial charge in [0.25, 0.3) is 20.2 Å². The number of anilines is 1. The molecule has 2 N–H and O–H groups in total. The van der Waals surface area contributed by atoms with Crippen LogP contribution in [0.15, 0.2) is 95.8 Å². The number of unbranched alkanes of at least 4 members (excludes halogenated alkanes) is 2. The number of nitrogens with zero attached hydrogens (tertiary/aromatic N) is 2. The Hall–Kier alpha value is -3.31. The predicted octanol–water partition coefficient (Wildman–Crippen LogP) is 7.67. The van der Waals surface area contributed by atoms with Gasteiger partial charge in [-0.15, -0.1) is 0 Å². The number of rotatable bonds is 13. The van der Waals surface area contributed by atoms with E-state index in [4.69, 9.17) is 0 Å². The number of hydrogen-bond acceptors (Lipinski definition) is 5. The molecule has 10 heteroatoms. The molecule has 0 radical (unpaired) electrons. The average molecular weight is 694 g/mol. The van der Waals surface area contributed by atoms with Gasteiger partial charge in [-0.2, -0.15) is 21.4 Å². The molecule has 2 aromatic rings. The molecule has 1 aliphatic carbocycles. The molecule has 3 aliphatic rings. The number of benzene rings is 2. The molecule has 0 saturated carbocycles. The molecular formula is C38H49N2O6S2+. The lowest BCUT2D eigenvalue weighted by Gasteiger charge is -2.27. The van der Waals surface area contributed by atoms with Gasteiger partial charge in [0.05, 0.1) is 16.9 Å². The van der Waals surface area contributed by atoms with Crippen molar-refractivity contribution in [3.63, 3.8) is 0 Å². The lowest BCUT2D eigenvalue weighted by atomic mass is 9.81. The highest BCUT2D eigenvalue weighted by Gasteiger charge is 2.44. The van der Waals surface area contributed by atoms with Crippen molar-refractivity contribution in [2.75, 3.05) is 29.5 Å². The molecule has 0 bridgehead atoms. The summed E-state index contributed by atoms with van der Waals surface area (Å²) in [4.78, 5) is 2.30. The maximum Gasteiger partial charge on any atom is 0.264 e. The van der Waals surface area contributed by atoms with E-state index in [1.807, 2.05) is 12.1 Å². The van der Waals surface area contributed by atoms with Crippen molar-refractivity contribution in [3.05, 3.63) is 107 Å². The Bertz CT molecular complexity index is 1910. The van der Waals surface area contributed by atoms with Gasteiger partial charge in [0.15, 0.2) is 5.71 Å². The summed E-state index contributed by atoms with van der Waals surface area (Å²) in [6.07, 6.45) is 16.3. The molecule has 0 fully saturated rings. The summed E-state index contributed by atoms with van der Waals surface area (Å²) in [5, 5.41) is 0. The Morgan fingerprint density at radius 1 is 0.771 bits per heavy atom. The number of hydrogen-bond donors (Lipinski definition) is 2. The van der Waals surface area contributed by atoms with E-state index in [9.17, 15) is 25.9 Å². The Morgan fingerprint density at radius 3 is 2.12 bits per heavy atom. The minimum atomic E-state index is -3.98. The smallest absolute Gasteiger partial charge is 0.264 e. The summed E-state index contributed by atoms with van der Waals surface area (Å²) in [5.74, 6) is -0.464. The van der Waals surface area contributed by atoms with Crippen LogP contribution in [0.25, 0.3) is 0 Å². The molecule has 0 aromatic heterocycles. The summed E-state index contributed by atoms with van der Waals surface area (Å²) in [5.41, 5.74) is 9.18. The van der Waals surface area contributed by atoms with Crippen LogP contribution in [0, 0.1) is 0 Å². The lowest BCUT2D eigenvalue weighted by Crippen LogP contribution is -2.28. The highest BCUT2D eigenvalue weighted by Crippen LogP contribution is 2.48. The van der Waals surface area contributed by atoms with Crippen molar-refractivity contribution >= 4 is 37.3 Å². The van der Waals surface area contributed by atoms with Gasteiger partial charge < -0.3 is 4.90 Å². The molecule has 8 nitrogen and oxygen atoms in total. The van der Waals surface area contributed by atoms with Gasteiger partial charge in [0, 0.05) is 47.5 Å². The van der Waals surface area contributed by atoms with Crippen molar-refractivity contribution in [2.24, 2.45) is 0 Å². The van der Waals surface area contributed by atoms with E-state index >= 15 is 0 Å². The van der Waals surface area contributed by atoms with Crippen molar-refractivity contribution in [3.8, 4) is 0 Å². The van der Waals surface area contributed by atoms with Crippen molar-refractivity contribution in [2.45, 2.75) is 83.5 Å². The van der Waals surface area contributed by atoms with Gasteiger partial charge in [-0.3, -0.25) is 9.11 Å². The van der Waals surface area contributed by atoms with Gasteiger partial charge in [0.1, 0.15) is 6.54 Å². The van der Waals surface area contributed by atoms with Gasteiger partial charge in [0.2, 0.25) is 5.69 Å². The van der Waals surface area contributed by atoms with Crippen LogP contribution in [0.2, 0.25) is 0 Å². The van der Waals surface area contributed by atoms with Crippen LogP contribution in [0.3, 0.4) is 0 Å². The van der Waals surface area contributed by atoms with Crippen LogP contribution < -0.4 is 4.90 Å². The first-order valence-electron chi connectivity index (χ1n) is 16.9. The first-order chi connectivity index (χ1) is 22.6. The molecular weight excluding hydrogens is 645 g/mol. The topological polar surface area (TPSA) is 115 Å². The maximum atomic E-state index is 11.3. The fourth-order valence-electron chi connectivity index (χ4n) is 7.39. The molecule has 2 aliphatic heterocycles. The second-order valence-corrected chi connectivity index (χ2v) is 17.3. The highest BCUT2D eigenvalue weighted by molar-refractivity contribution is 7.86. The zero-order valence-corrected chi connectivity index (χ0v) is 30.2. The fraction of sp³-hybridized carbons (Fsp3) is 0.447. The monoisotopic (exact) mass is 693 g/mol. The Balaban J connectivity index is 1.40. The fourth-order valence-corrected chi connectivity index (χ4v) is 8.52. The molecule has 0 amide bonds. The van der Waals surface area contributed by atoms with E-state index < -0.39 is 20.2 Å². The maximum absolute atomic E-state index is 11.3. The summed E-state index contributed by atoms with van der Waals surface area (Å²) in [7, 11) is -7.96. The second-order valence-electron chi connectivity index (χ2n) is 14.2. The molecule has 0 unspecified atom stereocenters. The molecule has 0 saturated heterocycles. The molecule has 5 rings (SSSR count). The summed E-state index contributed by atoms with van der Waals surface area (Å²) in [6.45, 7) is 10.2. The van der Waals surface area contributed by atoms with Crippen LogP contribution in [-0.4, -0.2) is 60.8 Å². The Morgan fingerprint density at radius 2 is 1.42 bits per heavy atom. The van der Waals surface area contributed by atoms with E-state index in [1.54, 1.807) is 0 Å². The molecule has 2 heterocycles. The molecule has 0 spiro atoms. The third kappa shape index (κ3) is 8.28. The number of para-hydroxylation sites is 2. The number of fused-ring (bicyclic) bond motifs is 2. The second kappa shape index (κ2) is 14.3. The quantitative estimate of drug-likeness (QED) is 0.126. The number of allylic oxidation sites excluding steroid dienone is 8. The standard InChI is InChI=1S/C38H48N2O6S2/c1-37(2)31-16-5-7-18-33(31)39(24-9-11-26-47(41,42)43)35(37)22-20-29-14-13-15-30(28-29)21-23-36-38(3,4)32-17-6-8-19-34(32)40(36)25-10-12-27-48(44,45)46/h5-8,16-23,28H,9-15,24-27H2,1-4H3,(H-,41,42,43,44,45,46)/p+1. The highest BCUT2D eigenvalue weighted by atomic mass is 32.2. The summed E-state index contributed by atoms with van der Waals surface area (Å²) in [6, 6.07) is 16.8. The van der Waals surface area contributed by atoms with E-state index in [0.717, 1.165) is 30.6 Å². The summed E-state index contributed by atoms with van der Waals surface area (Å²) >= 11 is 0. The zero-order chi connectivity index (χ0) is 34.7. The van der Waals surface area contributed by atoms with E-state index in [0.29, 0.717) is 38.8 Å². The summed E-state index contributed by atoms with van der Waals surface area (Å²) < 4.78 is 65.8. The normalized spacial score (nSPS) is 20.5. The van der Waals surface area contributed by atoms with Crippen LogP contribution in [0.4, 0.5) is 11.4 Å². The van der Waals surface area contributed by atoms with Gasteiger partial charge in [-0.1, -0.05) is 68.5 Å². The van der Waals surface area contributed by atoms with Gasteiger partial charge in [-0.05, 0) is 81.2 Å².